The van der Waals surface area contributed by atoms with Gasteiger partial charge in [0.25, 0.3) is 0 Å². The van der Waals surface area contributed by atoms with Crippen LogP contribution in [0.25, 0.3) is 5.69 Å². The number of alkyl halides is 3. The SMILES string of the molecule is Cc1nn(-c2ccc(OC(F)(F)F)cc2)c(C)c1I. The Morgan fingerprint density at radius 3 is 2.16 bits per heavy atom. The average Bonchev–Trinajstić information content (AvgIpc) is 2.56. The predicted octanol–water partition coefficient (Wildman–Crippen LogP) is 3.99. The fourth-order valence-electron chi connectivity index (χ4n) is 1.66. The van der Waals surface area contributed by atoms with Crippen LogP contribution in [0.4, 0.5) is 13.2 Å². The zero-order valence-electron chi connectivity index (χ0n) is 10.1. The lowest BCUT2D eigenvalue weighted by atomic mass is 10.3. The molecule has 3 nitrogen and oxygen atoms in total. The first kappa shape index (κ1) is 14.2. The van der Waals surface area contributed by atoms with E-state index in [1.807, 2.05) is 13.8 Å². The van der Waals surface area contributed by atoms with Crippen LogP contribution in [-0.2, 0) is 0 Å². The Morgan fingerprint density at radius 1 is 1.16 bits per heavy atom. The van der Waals surface area contributed by atoms with E-state index in [1.54, 1.807) is 4.68 Å². The lowest BCUT2D eigenvalue weighted by Crippen LogP contribution is -2.17. The number of aryl methyl sites for hydroxylation is 1. The van der Waals surface area contributed by atoms with Crippen LogP contribution >= 0.6 is 22.6 Å². The smallest absolute Gasteiger partial charge is 0.406 e. The molecule has 0 spiro atoms. The summed E-state index contributed by atoms with van der Waals surface area (Å²) in [6.07, 6.45) is -4.67. The Morgan fingerprint density at radius 2 is 1.74 bits per heavy atom. The van der Waals surface area contributed by atoms with Gasteiger partial charge < -0.3 is 4.74 Å². The van der Waals surface area contributed by atoms with Crippen LogP contribution in [0, 0.1) is 17.4 Å². The van der Waals surface area contributed by atoms with Gasteiger partial charge in [-0.15, -0.1) is 13.2 Å². The van der Waals surface area contributed by atoms with Crippen LogP contribution in [0.1, 0.15) is 11.4 Å². The number of rotatable bonds is 2. The predicted molar refractivity (Wildman–Crippen MR) is 72.4 cm³/mol. The van der Waals surface area contributed by atoms with Gasteiger partial charge in [-0.25, -0.2) is 4.68 Å². The van der Waals surface area contributed by atoms with Gasteiger partial charge >= 0.3 is 6.36 Å². The molecule has 0 fully saturated rings. The highest BCUT2D eigenvalue weighted by Crippen LogP contribution is 2.25. The number of ether oxygens (including phenoxy) is 1. The van der Waals surface area contributed by atoms with Crippen molar-refractivity contribution < 1.29 is 17.9 Å². The molecule has 0 aliphatic heterocycles. The molecule has 19 heavy (non-hydrogen) atoms. The van der Waals surface area contributed by atoms with E-state index < -0.39 is 6.36 Å². The van der Waals surface area contributed by atoms with Crippen molar-refractivity contribution in [1.29, 1.82) is 0 Å². The molecule has 0 aliphatic rings. The summed E-state index contributed by atoms with van der Waals surface area (Å²) in [4.78, 5) is 0. The van der Waals surface area contributed by atoms with Crippen molar-refractivity contribution >= 4 is 22.6 Å². The molecular formula is C12H10F3IN2O. The monoisotopic (exact) mass is 382 g/mol. The number of aromatic nitrogens is 2. The van der Waals surface area contributed by atoms with Crippen LogP contribution in [0.2, 0.25) is 0 Å². The molecule has 0 saturated carbocycles. The van der Waals surface area contributed by atoms with E-state index in [4.69, 9.17) is 0 Å². The zero-order valence-corrected chi connectivity index (χ0v) is 12.3. The maximum atomic E-state index is 12.0. The van der Waals surface area contributed by atoms with E-state index in [9.17, 15) is 13.2 Å². The average molecular weight is 382 g/mol. The normalized spacial score (nSPS) is 11.7. The fourth-order valence-corrected chi connectivity index (χ4v) is 2.00. The quantitative estimate of drug-likeness (QED) is 0.735. The number of nitrogens with zero attached hydrogens (tertiary/aromatic N) is 2. The van der Waals surface area contributed by atoms with E-state index in [1.165, 1.54) is 24.3 Å². The van der Waals surface area contributed by atoms with Crippen molar-refractivity contribution in [2.24, 2.45) is 0 Å². The van der Waals surface area contributed by atoms with Gasteiger partial charge in [0.05, 0.1) is 20.6 Å². The van der Waals surface area contributed by atoms with Gasteiger partial charge in [-0.2, -0.15) is 5.10 Å². The number of benzene rings is 1. The summed E-state index contributed by atoms with van der Waals surface area (Å²) in [5.41, 5.74) is 2.52. The van der Waals surface area contributed by atoms with E-state index in [2.05, 4.69) is 32.4 Å². The summed E-state index contributed by atoms with van der Waals surface area (Å²) in [5, 5.41) is 4.33. The molecule has 7 heteroatoms. The Bertz CT molecular complexity index is 590. The summed E-state index contributed by atoms with van der Waals surface area (Å²) < 4.78 is 42.7. The van der Waals surface area contributed by atoms with Crippen LogP contribution in [0.5, 0.6) is 5.75 Å². The molecule has 0 bridgehead atoms. The number of hydrogen-bond donors (Lipinski definition) is 0. The lowest BCUT2D eigenvalue weighted by molar-refractivity contribution is -0.274. The maximum absolute atomic E-state index is 12.0. The molecule has 0 radical (unpaired) electrons. The molecule has 0 saturated heterocycles. The van der Waals surface area contributed by atoms with Gasteiger partial charge in [0.15, 0.2) is 0 Å². The van der Waals surface area contributed by atoms with Crippen molar-refractivity contribution in [3.8, 4) is 11.4 Å². The summed E-state index contributed by atoms with van der Waals surface area (Å²) in [6, 6.07) is 5.62. The molecule has 1 heterocycles. The summed E-state index contributed by atoms with van der Waals surface area (Å²) in [7, 11) is 0. The Hall–Kier alpha value is -1.25. The van der Waals surface area contributed by atoms with E-state index in [0.29, 0.717) is 5.69 Å². The first-order valence-electron chi connectivity index (χ1n) is 5.36. The number of halogens is 4. The summed E-state index contributed by atoms with van der Waals surface area (Å²) >= 11 is 2.18. The molecule has 0 amide bonds. The molecule has 0 N–H and O–H groups in total. The molecular weight excluding hydrogens is 372 g/mol. The van der Waals surface area contributed by atoms with Crippen molar-refractivity contribution in [3.63, 3.8) is 0 Å². The molecule has 102 valence electrons. The molecule has 0 aliphatic carbocycles. The van der Waals surface area contributed by atoms with Crippen LogP contribution in [-0.4, -0.2) is 16.1 Å². The third kappa shape index (κ3) is 3.20. The second-order valence-electron chi connectivity index (χ2n) is 3.94. The Kier molecular flexibility index (Phi) is 3.75. The fraction of sp³-hybridized carbons (Fsp3) is 0.250. The minimum atomic E-state index is -4.67. The zero-order chi connectivity index (χ0) is 14.2. The van der Waals surface area contributed by atoms with E-state index in [0.717, 1.165) is 15.0 Å². The highest BCUT2D eigenvalue weighted by Gasteiger charge is 2.31. The highest BCUT2D eigenvalue weighted by atomic mass is 127. The highest BCUT2D eigenvalue weighted by molar-refractivity contribution is 14.1. The Labute approximate surface area is 121 Å². The van der Waals surface area contributed by atoms with Crippen molar-refractivity contribution in [1.82, 2.24) is 9.78 Å². The van der Waals surface area contributed by atoms with Gasteiger partial charge in [-0.1, -0.05) is 0 Å². The molecule has 0 atom stereocenters. The standard InChI is InChI=1S/C12H10F3IN2O/c1-7-11(16)8(2)18(17-7)9-3-5-10(6-4-9)19-12(13,14)15/h3-6H,1-2H3. The first-order valence-corrected chi connectivity index (χ1v) is 6.44. The number of hydrogen-bond acceptors (Lipinski definition) is 2. The first-order chi connectivity index (χ1) is 8.78. The second kappa shape index (κ2) is 5.03. The van der Waals surface area contributed by atoms with Gasteiger partial charge in [-0.3, -0.25) is 0 Å². The molecule has 1 aromatic carbocycles. The van der Waals surface area contributed by atoms with Crippen molar-refractivity contribution in [3.05, 3.63) is 39.2 Å². The third-order valence-corrected chi connectivity index (χ3v) is 4.08. The van der Waals surface area contributed by atoms with Gasteiger partial charge in [0.1, 0.15) is 5.75 Å². The Balaban J connectivity index is 2.30. The second-order valence-corrected chi connectivity index (χ2v) is 5.02. The van der Waals surface area contributed by atoms with Crippen LogP contribution in [0.3, 0.4) is 0 Å². The molecule has 2 rings (SSSR count). The third-order valence-electron chi connectivity index (χ3n) is 2.52. The van der Waals surface area contributed by atoms with Crippen LogP contribution < -0.4 is 4.74 Å². The summed E-state index contributed by atoms with van der Waals surface area (Å²) in [6.45, 7) is 3.79. The minimum Gasteiger partial charge on any atom is -0.406 e. The molecule has 1 aromatic heterocycles. The van der Waals surface area contributed by atoms with Gasteiger partial charge in [0.2, 0.25) is 0 Å². The largest absolute Gasteiger partial charge is 0.573 e. The topological polar surface area (TPSA) is 27.1 Å². The minimum absolute atomic E-state index is 0.243. The lowest BCUT2D eigenvalue weighted by Gasteiger charge is -2.10. The van der Waals surface area contributed by atoms with E-state index in [-0.39, 0.29) is 5.75 Å². The summed E-state index contributed by atoms with van der Waals surface area (Å²) in [5.74, 6) is -0.243. The molecule has 0 unspecified atom stereocenters. The van der Waals surface area contributed by atoms with Crippen molar-refractivity contribution in [2.75, 3.05) is 0 Å². The van der Waals surface area contributed by atoms with Crippen molar-refractivity contribution in [2.45, 2.75) is 20.2 Å². The molecule has 2 aromatic rings. The van der Waals surface area contributed by atoms with Gasteiger partial charge in [-0.05, 0) is 60.7 Å². The maximum Gasteiger partial charge on any atom is 0.573 e. The van der Waals surface area contributed by atoms with Gasteiger partial charge in [0, 0.05) is 0 Å². The van der Waals surface area contributed by atoms with E-state index >= 15 is 0 Å². The van der Waals surface area contributed by atoms with Crippen LogP contribution in [0.15, 0.2) is 24.3 Å².